The molecule has 2 aliphatic heterocycles. The molecule has 1 fully saturated rings. The van der Waals surface area contributed by atoms with E-state index in [-0.39, 0.29) is 30.4 Å². The fourth-order valence-corrected chi connectivity index (χ4v) is 4.44. The molecule has 35 heavy (non-hydrogen) atoms. The molecule has 0 bridgehead atoms. The lowest BCUT2D eigenvalue weighted by atomic mass is 9.88. The van der Waals surface area contributed by atoms with Crippen LogP contribution in [0.15, 0.2) is 48.5 Å². The summed E-state index contributed by atoms with van der Waals surface area (Å²) < 4.78 is 10.7. The molecule has 2 aromatic rings. The van der Waals surface area contributed by atoms with Crippen LogP contribution >= 0.6 is 0 Å². The number of hydrogen-bond donors (Lipinski definition) is 2. The van der Waals surface area contributed by atoms with Gasteiger partial charge in [0.15, 0.2) is 11.5 Å². The van der Waals surface area contributed by atoms with Crippen LogP contribution in [0.3, 0.4) is 0 Å². The Morgan fingerprint density at radius 3 is 2.43 bits per heavy atom. The van der Waals surface area contributed by atoms with E-state index in [2.05, 4.69) is 10.6 Å². The minimum atomic E-state index is -0.682. The van der Waals surface area contributed by atoms with Gasteiger partial charge < -0.3 is 25.0 Å². The van der Waals surface area contributed by atoms with E-state index in [1.54, 1.807) is 18.2 Å². The topological polar surface area (TPSA) is 97.0 Å². The first-order chi connectivity index (χ1) is 16.9. The third kappa shape index (κ3) is 6.32. The molecule has 0 aromatic heterocycles. The summed E-state index contributed by atoms with van der Waals surface area (Å²) in [5.74, 6) is 0.892. The van der Waals surface area contributed by atoms with Gasteiger partial charge in [-0.2, -0.15) is 0 Å². The number of likely N-dealkylation sites (tertiary alicyclic amines) is 1. The predicted molar refractivity (Wildman–Crippen MR) is 131 cm³/mol. The quantitative estimate of drug-likeness (QED) is 0.607. The van der Waals surface area contributed by atoms with E-state index in [4.69, 9.17) is 9.47 Å². The highest BCUT2D eigenvalue weighted by molar-refractivity contribution is 5.98. The third-order valence-corrected chi connectivity index (χ3v) is 6.45. The number of amides is 3. The molecule has 1 unspecified atom stereocenters. The van der Waals surface area contributed by atoms with Crippen molar-refractivity contribution in [2.24, 2.45) is 11.8 Å². The maximum atomic E-state index is 13.1. The highest BCUT2D eigenvalue weighted by Crippen LogP contribution is 2.32. The monoisotopic (exact) mass is 479 g/mol. The molecule has 1 saturated heterocycles. The van der Waals surface area contributed by atoms with Crippen LogP contribution in [-0.4, -0.2) is 55.1 Å². The van der Waals surface area contributed by atoms with Gasteiger partial charge in [-0.15, -0.1) is 0 Å². The molecule has 2 heterocycles. The number of benzene rings is 2. The van der Waals surface area contributed by atoms with Crippen LogP contribution in [0.5, 0.6) is 11.5 Å². The fraction of sp³-hybridized carbons (Fsp3) is 0.444. The van der Waals surface area contributed by atoms with Crippen LogP contribution in [-0.2, 0) is 16.0 Å². The Morgan fingerprint density at radius 1 is 1.00 bits per heavy atom. The lowest BCUT2D eigenvalue weighted by Gasteiger charge is -2.36. The number of fused-ring (bicyclic) bond motifs is 1. The van der Waals surface area contributed by atoms with Crippen LogP contribution in [0.2, 0.25) is 0 Å². The minimum absolute atomic E-state index is 0.0686. The van der Waals surface area contributed by atoms with Crippen LogP contribution < -0.4 is 20.1 Å². The molecule has 2 aromatic carbocycles. The van der Waals surface area contributed by atoms with Gasteiger partial charge in [-0.3, -0.25) is 14.4 Å². The van der Waals surface area contributed by atoms with E-state index in [9.17, 15) is 14.4 Å². The smallest absolute Gasteiger partial charge is 0.252 e. The van der Waals surface area contributed by atoms with E-state index in [1.165, 1.54) is 0 Å². The number of carbonyl (C=O) groups excluding carboxylic acids is 3. The average molecular weight is 480 g/mol. The van der Waals surface area contributed by atoms with Crippen molar-refractivity contribution in [2.45, 2.75) is 39.2 Å². The Balaban J connectivity index is 1.40. The second kappa shape index (κ2) is 11.3. The van der Waals surface area contributed by atoms with Crippen molar-refractivity contribution in [1.82, 2.24) is 15.5 Å². The summed E-state index contributed by atoms with van der Waals surface area (Å²) in [6.07, 6.45) is 1.65. The number of rotatable bonds is 8. The molecule has 2 aliphatic rings. The van der Waals surface area contributed by atoms with E-state index in [0.717, 1.165) is 5.56 Å². The fourth-order valence-electron chi connectivity index (χ4n) is 4.44. The largest absolute Gasteiger partial charge is 0.454 e. The molecule has 0 spiro atoms. The van der Waals surface area contributed by atoms with E-state index in [0.29, 0.717) is 61.9 Å². The first-order valence-corrected chi connectivity index (χ1v) is 12.2. The van der Waals surface area contributed by atoms with Crippen molar-refractivity contribution in [2.75, 3.05) is 26.4 Å². The normalized spacial score (nSPS) is 16.1. The Kier molecular flexibility index (Phi) is 7.90. The van der Waals surface area contributed by atoms with Crippen molar-refractivity contribution < 1.29 is 23.9 Å². The number of nitrogens with zero attached hydrogens (tertiary/aromatic N) is 1. The highest BCUT2D eigenvalue weighted by atomic mass is 16.7. The van der Waals surface area contributed by atoms with Gasteiger partial charge in [0.2, 0.25) is 18.6 Å². The van der Waals surface area contributed by atoms with Crippen molar-refractivity contribution in [3.8, 4) is 11.5 Å². The lowest BCUT2D eigenvalue weighted by molar-refractivity contribution is -0.132. The van der Waals surface area contributed by atoms with Gasteiger partial charge in [0, 0.05) is 25.2 Å². The van der Waals surface area contributed by atoms with Crippen LogP contribution in [0.1, 0.15) is 42.6 Å². The molecule has 8 nitrogen and oxygen atoms in total. The van der Waals surface area contributed by atoms with Gasteiger partial charge in [-0.05, 0) is 48.4 Å². The Bertz CT molecular complexity index is 1050. The summed E-state index contributed by atoms with van der Waals surface area (Å²) in [4.78, 5) is 40.8. The van der Waals surface area contributed by atoms with Crippen LogP contribution in [0, 0.1) is 11.8 Å². The highest BCUT2D eigenvalue weighted by Gasteiger charge is 2.34. The van der Waals surface area contributed by atoms with Gasteiger partial charge >= 0.3 is 0 Å². The number of nitrogens with one attached hydrogen (secondary N) is 2. The summed E-state index contributed by atoms with van der Waals surface area (Å²) >= 11 is 0. The lowest BCUT2D eigenvalue weighted by Crippen LogP contribution is -2.54. The number of hydrogen-bond acceptors (Lipinski definition) is 5. The number of piperidine rings is 1. The van der Waals surface area contributed by atoms with Crippen molar-refractivity contribution in [1.29, 1.82) is 0 Å². The van der Waals surface area contributed by atoms with Gasteiger partial charge in [0.05, 0.1) is 6.42 Å². The Morgan fingerprint density at radius 2 is 1.71 bits per heavy atom. The van der Waals surface area contributed by atoms with Crippen LogP contribution in [0.25, 0.3) is 0 Å². The van der Waals surface area contributed by atoms with Gasteiger partial charge in [-0.1, -0.05) is 44.2 Å². The number of carbonyl (C=O) groups is 3. The summed E-state index contributed by atoms with van der Waals surface area (Å²) in [5, 5.41) is 5.92. The standard InChI is InChI=1S/C27H33N3O5/c1-18(2)16-28-27(33)25(29-26(32)21-8-9-22-23(15-21)35-17-34-22)20-10-12-30(13-11-20)24(31)14-19-6-4-3-5-7-19/h3-9,15,18,20,25H,10-14,16-17H2,1-2H3,(H,28,33)(H,29,32). The molecular formula is C27H33N3O5. The molecule has 1 atom stereocenters. The van der Waals surface area contributed by atoms with Gasteiger partial charge in [0.25, 0.3) is 5.91 Å². The first kappa shape index (κ1) is 24.6. The summed E-state index contributed by atoms with van der Waals surface area (Å²) in [6, 6.07) is 14.0. The van der Waals surface area contributed by atoms with Gasteiger partial charge in [-0.25, -0.2) is 0 Å². The van der Waals surface area contributed by atoms with E-state index in [1.807, 2.05) is 49.1 Å². The van der Waals surface area contributed by atoms with E-state index < -0.39 is 6.04 Å². The third-order valence-electron chi connectivity index (χ3n) is 6.45. The van der Waals surface area contributed by atoms with Crippen molar-refractivity contribution in [3.05, 3.63) is 59.7 Å². The predicted octanol–water partition coefficient (Wildman–Crippen LogP) is 2.77. The maximum absolute atomic E-state index is 13.1. The number of ether oxygens (including phenoxy) is 2. The molecule has 0 saturated carbocycles. The zero-order chi connectivity index (χ0) is 24.8. The SMILES string of the molecule is CC(C)CNC(=O)C(NC(=O)c1ccc2c(c1)OCO2)C1CCN(C(=O)Cc2ccccc2)CC1. The zero-order valence-electron chi connectivity index (χ0n) is 20.3. The van der Waals surface area contributed by atoms with Crippen LogP contribution in [0.4, 0.5) is 0 Å². The average Bonchev–Trinajstić information content (AvgIpc) is 3.34. The second-order valence-corrected chi connectivity index (χ2v) is 9.54. The summed E-state index contributed by atoms with van der Waals surface area (Å²) in [6.45, 7) is 5.83. The second-order valence-electron chi connectivity index (χ2n) is 9.54. The van der Waals surface area contributed by atoms with Crippen molar-refractivity contribution in [3.63, 3.8) is 0 Å². The minimum Gasteiger partial charge on any atom is -0.454 e. The summed E-state index contributed by atoms with van der Waals surface area (Å²) in [7, 11) is 0. The first-order valence-electron chi connectivity index (χ1n) is 12.2. The van der Waals surface area contributed by atoms with Crippen molar-refractivity contribution >= 4 is 17.7 Å². The van der Waals surface area contributed by atoms with Gasteiger partial charge in [0.1, 0.15) is 6.04 Å². The molecule has 4 rings (SSSR count). The summed E-state index contributed by atoms with van der Waals surface area (Å²) in [5.41, 5.74) is 1.40. The Labute approximate surface area is 206 Å². The zero-order valence-corrected chi connectivity index (χ0v) is 20.3. The molecule has 0 aliphatic carbocycles. The molecule has 186 valence electrons. The molecule has 0 radical (unpaired) electrons. The maximum Gasteiger partial charge on any atom is 0.252 e. The molecule has 3 amide bonds. The molecule has 8 heteroatoms. The molecular weight excluding hydrogens is 446 g/mol. The Hall–Kier alpha value is -3.55. The van der Waals surface area contributed by atoms with E-state index >= 15 is 0 Å². The molecule has 2 N–H and O–H groups in total.